The fourth-order valence-electron chi connectivity index (χ4n) is 5.94. The third-order valence-electron chi connectivity index (χ3n) is 7.80. The summed E-state index contributed by atoms with van der Waals surface area (Å²) in [7, 11) is 3.21. The van der Waals surface area contributed by atoms with E-state index in [2.05, 4.69) is 5.32 Å². The van der Waals surface area contributed by atoms with Crippen LogP contribution in [0.4, 0.5) is 0 Å². The van der Waals surface area contributed by atoms with E-state index in [0.29, 0.717) is 46.9 Å². The van der Waals surface area contributed by atoms with Gasteiger partial charge in [0, 0.05) is 23.4 Å². The van der Waals surface area contributed by atoms with Gasteiger partial charge in [0.15, 0.2) is 17.3 Å². The fourth-order valence-corrected chi connectivity index (χ4v) is 5.94. The summed E-state index contributed by atoms with van der Waals surface area (Å²) in [6.45, 7) is 3.75. The highest BCUT2D eigenvalue weighted by molar-refractivity contribution is 6.04. The number of esters is 1. The largest absolute Gasteiger partial charge is 0.493 e. The van der Waals surface area contributed by atoms with Crippen molar-refractivity contribution < 1.29 is 28.2 Å². The number of hydrogen-bond acceptors (Lipinski definition) is 7. The maximum atomic E-state index is 13.8. The Hall–Kier alpha value is -3.48. The summed E-state index contributed by atoms with van der Waals surface area (Å²) in [4.78, 5) is 27.3. The molecule has 0 amide bonds. The summed E-state index contributed by atoms with van der Waals surface area (Å²) < 4.78 is 22.9. The van der Waals surface area contributed by atoms with Crippen LogP contribution in [-0.4, -0.2) is 32.1 Å². The lowest BCUT2D eigenvalue weighted by Crippen LogP contribution is -2.36. The topological polar surface area (TPSA) is 87.0 Å². The number of hydrogen-bond donors (Lipinski definition) is 1. The first-order valence-electron chi connectivity index (χ1n) is 13.1. The Bertz CT molecular complexity index is 1260. The lowest BCUT2D eigenvalue weighted by molar-refractivity contribution is -0.146. The van der Waals surface area contributed by atoms with Crippen LogP contribution in [0.1, 0.15) is 80.8 Å². The zero-order valence-corrected chi connectivity index (χ0v) is 22.0. The summed E-state index contributed by atoms with van der Waals surface area (Å²) >= 11 is 0. The Balaban J connectivity index is 1.49. The first kappa shape index (κ1) is 25.2. The molecule has 0 saturated heterocycles. The number of furan rings is 1. The number of benzene rings is 1. The molecule has 5 rings (SSSR count). The van der Waals surface area contributed by atoms with E-state index in [1.54, 1.807) is 14.2 Å². The van der Waals surface area contributed by atoms with Crippen molar-refractivity contribution >= 4 is 11.8 Å². The molecule has 3 aliphatic rings. The summed E-state index contributed by atoms with van der Waals surface area (Å²) in [5.41, 5.74) is 3.62. The molecular weight excluding hydrogens is 470 g/mol. The van der Waals surface area contributed by atoms with Crippen LogP contribution < -0.4 is 14.8 Å². The summed E-state index contributed by atoms with van der Waals surface area (Å²) in [5, 5.41) is 3.41. The summed E-state index contributed by atoms with van der Waals surface area (Å²) in [6, 6.07) is 9.53. The number of Topliss-reactive ketones (excluding diaryl/α,β-unsaturated/α-hetero) is 1. The molecule has 2 atom stereocenters. The molecule has 1 fully saturated rings. The van der Waals surface area contributed by atoms with Crippen molar-refractivity contribution in [1.29, 1.82) is 0 Å². The van der Waals surface area contributed by atoms with Crippen molar-refractivity contribution in [2.45, 2.75) is 76.7 Å². The number of ketones is 1. The molecule has 2 aromatic rings. The third kappa shape index (κ3) is 4.91. The van der Waals surface area contributed by atoms with Crippen LogP contribution in [0.5, 0.6) is 11.5 Å². The Morgan fingerprint density at radius 3 is 2.41 bits per heavy atom. The number of aryl methyl sites for hydroxylation is 1. The monoisotopic (exact) mass is 505 g/mol. The third-order valence-corrected chi connectivity index (χ3v) is 7.80. The van der Waals surface area contributed by atoms with Crippen molar-refractivity contribution in [2.75, 3.05) is 14.2 Å². The average molecular weight is 506 g/mol. The highest BCUT2D eigenvalue weighted by Gasteiger charge is 2.43. The van der Waals surface area contributed by atoms with Gasteiger partial charge in [0.1, 0.15) is 17.6 Å². The number of nitrogens with one attached hydrogen (secondary N) is 1. The van der Waals surface area contributed by atoms with E-state index in [0.717, 1.165) is 42.7 Å². The van der Waals surface area contributed by atoms with Crippen molar-refractivity contribution in [3.63, 3.8) is 0 Å². The zero-order valence-electron chi connectivity index (χ0n) is 22.0. The molecular formula is C30H35NO6. The van der Waals surface area contributed by atoms with Crippen LogP contribution in [0.2, 0.25) is 0 Å². The van der Waals surface area contributed by atoms with Crippen molar-refractivity contribution in [2.24, 2.45) is 0 Å². The van der Waals surface area contributed by atoms with Gasteiger partial charge < -0.3 is 23.9 Å². The number of dihydropyridines is 1. The van der Waals surface area contributed by atoms with E-state index in [1.807, 2.05) is 44.2 Å². The molecule has 1 saturated carbocycles. The maximum absolute atomic E-state index is 13.8. The van der Waals surface area contributed by atoms with Crippen molar-refractivity contribution in [1.82, 2.24) is 5.32 Å². The van der Waals surface area contributed by atoms with E-state index in [-0.39, 0.29) is 23.8 Å². The van der Waals surface area contributed by atoms with E-state index in [4.69, 9.17) is 18.6 Å². The number of carbonyl (C=O) groups excluding carboxylic acids is 2. The molecule has 196 valence electrons. The predicted octanol–water partition coefficient (Wildman–Crippen LogP) is 5.84. The van der Waals surface area contributed by atoms with E-state index in [9.17, 15) is 9.59 Å². The summed E-state index contributed by atoms with van der Waals surface area (Å²) in [5.74, 6) is 1.65. The fraction of sp³-hybridized carbons (Fsp3) is 0.467. The smallest absolute Gasteiger partial charge is 0.337 e. The van der Waals surface area contributed by atoms with Gasteiger partial charge in [-0.25, -0.2) is 4.79 Å². The average Bonchev–Trinajstić information content (AvgIpc) is 3.33. The maximum Gasteiger partial charge on any atom is 0.337 e. The van der Waals surface area contributed by atoms with Crippen LogP contribution in [0, 0.1) is 6.92 Å². The normalized spacial score (nSPS) is 22.4. The van der Waals surface area contributed by atoms with Gasteiger partial charge in [0.2, 0.25) is 0 Å². The Morgan fingerprint density at radius 1 is 0.973 bits per heavy atom. The molecule has 2 heterocycles. The highest BCUT2D eigenvalue weighted by atomic mass is 16.5. The first-order valence-corrected chi connectivity index (χ1v) is 13.1. The minimum Gasteiger partial charge on any atom is -0.493 e. The SMILES string of the molecule is COc1ccc([C@H]2CC(=O)C3=C(C2)NC(C)=C(C(=O)OC2CCCCC2)[C@H]3c2ccc(C)o2)cc1OC. The summed E-state index contributed by atoms with van der Waals surface area (Å²) in [6.07, 6.45) is 5.97. The van der Waals surface area contributed by atoms with Gasteiger partial charge in [-0.05, 0) is 81.7 Å². The van der Waals surface area contributed by atoms with Crippen LogP contribution in [-0.2, 0) is 14.3 Å². The van der Waals surface area contributed by atoms with E-state index in [1.165, 1.54) is 6.42 Å². The quantitative estimate of drug-likeness (QED) is 0.493. The predicted molar refractivity (Wildman–Crippen MR) is 139 cm³/mol. The molecule has 0 spiro atoms. The Morgan fingerprint density at radius 2 is 1.73 bits per heavy atom. The first-order chi connectivity index (χ1) is 17.9. The second-order valence-corrected chi connectivity index (χ2v) is 10.2. The van der Waals surface area contributed by atoms with Crippen molar-refractivity contribution in [3.8, 4) is 11.5 Å². The number of allylic oxidation sites excluding steroid dienone is 3. The number of rotatable bonds is 6. The molecule has 1 aromatic heterocycles. The van der Waals surface area contributed by atoms with Gasteiger partial charge in [-0.1, -0.05) is 12.5 Å². The van der Waals surface area contributed by atoms with Gasteiger partial charge >= 0.3 is 5.97 Å². The van der Waals surface area contributed by atoms with E-state index < -0.39 is 5.92 Å². The van der Waals surface area contributed by atoms with Gasteiger partial charge in [0.25, 0.3) is 0 Å². The number of carbonyl (C=O) groups is 2. The minimum atomic E-state index is -0.583. The minimum absolute atomic E-state index is 0.00283. The molecule has 7 nitrogen and oxygen atoms in total. The van der Waals surface area contributed by atoms with Gasteiger partial charge in [-0.15, -0.1) is 0 Å². The molecule has 7 heteroatoms. The molecule has 37 heavy (non-hydrogen) atoms. The number of ether oxygens (including phenoxy) is 3. The van der Waals surface area contributed by atoms with Crippen LogP contribution in [0.3, 0.4) is 0 Å². The Kier molecular flexibility index (Phi) is 7.13. The van der Waals surface area contributed by atoms with Gasteiger partial charge in [0.05, 0.1) is 25.7 Å². The standard InChI is InChI=1S/C30H35NO6/c1-17-10-12-25(36-17)29-27(30(33)37-21-8-6-5-7-9-21)18(2)31-22-14-20(15-23(32)28(22)29)19-11-13-24(34-3)26(16-19)35-4/h10-13,16,20-21,29,31H,5-9,14-15H2,1-4H3/t20-,29-/m1/s1. The number of methoxy groups -OCH3 is 2. The molecule has 1 aromatic carbocycles. The Labute approximate surface area is 217 Å². The lowest BCUT2D eigenvalue weighted by Gasteiger charge is -2.36. The second kappa shape index (κ2) is 10.5. The highest BCUT2D eigenvalue weighted by Crippen LogP contribution is 2.47. The molecule has 1 N–H and O–H groups in total. The lowest BCUT2D eigenvalue weighted by atomic mass is 9.73. The van der Waals surface area contributed by atoms with E-state index >= 15 is 0 Å². The van der Waals surface area contributed by atoms with Gasteiger partial charge in [-0.2, -0.15) is 0 Å². The van der Waals surface area contributed by atoms with Crippen LogP contribution >= 0.6 is 0 Å². The molecule has 0 bridgehead atoms. The molecule has 2 aliphatic carbocycles. The zero-order chi connectivity index (χ0) is 26.1. The molecule has 1 aliphatic heterocycles. The second-order valence-electron chi connectivity index (χ2n) is 10.2. The van der Waals surface area contributed by atoms with Gasteiger partial charge in [-0.3, -0.25) is 4.79 Å². The van der Waals surface area contributed by atoms with Crippen LogP contribution in [0.25, 0.3) is 0 Å². The van der Waals surface area contributed by atoms with Crippen LogP contribution in [0.15, 0.2) is 57.3 Å². The molecule has 0 unspecified atom stereocenters. The van der Waals surface area contributed by atoms with Crippen molar-refractivity contribution in [3.05, 3.63) is 70.0 Å². The molecule has 0 radical (unpaired) electrons.